The minimum Gasteiger partial charge on any atom is -0.393 e. The normalized spacial score (nSPS) is 47.9. The molecule has 0 aliphatic heterocycles. The molecule has 71 heavy (non-hydrogen) atoms. The molecule has 8 aliphatic rings. The molecule has 0 spiro atoms. The van der Waals surface area contributed by atoms with Crippen LogP contribution in [0.15, 0.2) is 0 Å². The fraction of sp³-hybridized carbons (Fsp3) is 0.934. The summed E-state index contributed by atoms with van der Waals surface area (Å²) in [6, 6.07) is 0. The molecule has 0 radical (unpaired) electrons. The third kappa shape index (κ3) is 8.05. The highest BCUT2D eigenvalue weighted by Gasteiger charge is 2.79. The van der Waals surface area contributed by atoms with Gasteiger partial charge in [0, 0.05) is 31.2 Å². The van der Waals surface area contributed by atoms with E-state index in [9.17, 15) is 32.7 Å². The number of aliphatic hydroxyl groups is 1. The van der Waals surface area contributed by atoms with Gasteiger partial charge >= 0.3 is 0 Å². The van der Waals surface area contributed by atoms with Crippen LogP contribution in [0.4, 0.5) is 0 Å². The van der Waals surface area contributed by atoms with E-state index in [0.717, 1.165) is 70.6 Å². The van der Waals surface area contributed by atoms with Crippen molar-refractivity contribution in [2.45, 2.75) is 250 Å². The average Bonchev–Trinajstić information content (AvgIpc) is 3.74. The summed E-state index contributed by atoms with van der Waals surface area (Å²) in [6.45, 7) is 29.9. The van der Waals surface area contributed by atoms with E-state index in [0.29, 0.717) is 55.3 Å². The molecule has 3 N–H and O–H groups in total. The van der Waals surface area contributed by atoms with Crippen LogP contribution in [0.2, 0.25) is 0 Å². The zero-order valence-corrected chi connectivity index (χ0v) is 47.8. The Kier molecular flexibility index (Phi) is 14.7. The number of carbonyl (C=O) groups is 4. The Labute approximate surface area is 431 Å². The topological polar surface area (TPSA) is 155 Å². The second-order valence-electron chi connectivity index (χ2n) is 29.1. The molecule has 0 heterocycles. The maximum absolute atomic E-state index is 14.5. The van der Waals surface area contributed by atoms with Crippen molar-refractivity contribution >= 4 is 33.4 Å². The predicted octanol–water partition coefficient (Wildman–Crippen LogP) is 13.3. The van der Waals surface area contributed by atoms with Crippen LogP contribution >= 0.6 is 0 Å². The summed E-state index contributed by atoms with van der Waals surface area (Å²) in [5.41, 5.74) is 0.0831. The lowest BCUT2D eigenvalue weighted by atomic mass is 9.27. The Morgan fingerprint density at radius 2 is 1.01 bits per heavy atom. The van der Waals surface area contributed by atoms with E-state index in [1.165, 1.54) is 51.4 Å². The van der Waals surface area contributed by atoms with E-state index < -0.39 is 15.9 Å². The Bertz CT molecular complexity index is 2190. The monoisotopic (exact) mass is 1010 g/mol. The molecule has 404 valence electrons. The Hall–Kier alpha value is -1.65. The highest BCUT2D eigenvalue weighted by molar-refractivity contribution is 7.85. The van der Waals surface area contributed by atoms with Crippen molar-refractivity contribution in [2.75, 3.05) is 12.3 Å². The molecule has 4 unspecified atom stereocenters. The first-order valence-electron chi connectivity index (χ1n) is 29.3. The molecule has 10 heteroatoms. The molecule has 1 amide bonds. The molecule has 8 fully saturated rings. The molecule has 0 aromatic heterocycles. The van der Waals surface area contributed by atoms with E-state index in [2.05, 4.69) is 88.4 Å². The maximum Gasteiger partial charge on any atom is 0.266 e. The molecular weight excluding hydrogens is 907 g/mol. The molecule has 0 bridgehead atoms. The van der Waals surface area contributed by atoms with Gasteiger partial charge in [-0.05, 0) is 193 Å². The predicted molar refractivity (Wildman–Crippen MR) is 283 cm³/mol. The first-order valence-corrected chi connectivity index (χ1v) is 30.9. The zero-order chi connectivity index (χ0) is 52.2. The van der Waals surface area contributed by atoms with Crippen LogP contribution in [0.5, 0.6) is 0 Å². The van der Waals surface area contributed by atoms with Crippen LogP contribution in [0.3, 0.4) is 0 Å². The standard InChI is InChI=1S/C61H101NO8S/c1-40(48-24-28-57(8)55(48,6)30-32-59(10)53(4)26-16-14-18-43(53)37-50(66)61(57,59)12)19-21-45(63)38-47(65)39-46(64)36-44-35-42-17-13-15-25-52(42,3)58(9)31-29-54(5)49(23-27-56(54,7)60(44,58)11)41(2)20-22-51(67)62-33-34-71(68,69)70/h40-44,48-50,66H,13-39H2,1-12H3,(H,62,67)(H,68,69,70)/t40-,41-,42?,43?,44-,48-,49-,50+,52+,53+,54-,55-,56-,57-,58-,59-,60?,61?/m1/s1. The van der Waals surface area contributed by atoms with Crippen molar-refractivity contribution < 1.29 is 37.3 Å². The number of hydrogen-bond donors (Lipinski definition) is 3. The van der Waals surface area contributed by atoms with Gasteiger partial charge in [0.2, 0.25) is 5.91 Å². The van der Waals surface area contributed by atoms with E-state index in [4.69, 9.17) is 4.55 Å². The number of Topliss-reactive ketones (excluding diaryl/α,β-unsaturated/α-hetero) is 3. The molecular formula is C61H101NO8S. The van der Waals surface area contributed by atoms with Crippen LogP contribution in [-0.4, -0.2) is 59.7 Å². The van der Waals surface area contributed by atoms with Gasteiger partial charge in [-0.15, -0.1) is 0 Å². The lowest BCUT2D eigenvalue weighted by molar-refractivity contribution is -0.302. The number of ketones is 3. The summed E-state index contributed by atoms with van der Waals surface area (Å²) in [7, 11) is -4.14. The van der Waals surface area contributed by atoms with Crippen LogP contribution in [0.1, 0.15) is 244 Å². The lowest BCUT2D eigenvalue weighted by Crippen LogP contribution is -2.72. The number of aliphatic hydroxyl groups excluding tert-OH is 1. The van der Waals surface area contributed by atoms with Crippen molar-refractivity contribution in [3.05, 3.63) is 0 Å². The highest BCUT2D eigenvalue weighted by atomic mass is 32.2. The van der Waals surface area contributed by atoms with Gasteiger partial charge in [0.05, 0.1) is 24.7 Å². The van der Waals surface area contributed by atoms with Gasteiger partial charge in [-0.2, -0.15) is 8.42 Å². The van der Waals surface area contributed by atoms with Gasteiger partial charge in [-0.3, -0.25) is 23.7 Å². The number of amides is 1. The second-order valence-corrected chi connectivity index (χ2v) is 30.7. The minimum atomic E-state index is -4.14. The average molecular weight is 1010 g/mol. The quantitative estimate of drug-likeness (QED) is 0.0961. The Morgan fingerprint density at radius 3 is 1.55 bits per heavy atom. The van der Waals surface area contributed by atoms with E-state index in [1.54, 1.807) is 0 Å². The summed E-state index contributed by atoms with van der Waals surface area (Å²) in [5.74, 6) is 1.77. The molecule has 8 saturated carbocycles. The Morgan fingerprint density at radius 1 is 0.549 bits per heavy atom. The first kappa shape index (κ1) is 55.6. The van der Waals surface area contributed by atoms with Crippen molar-refractivity contribution in [2.24, 2.45) is 95.6 Å². The van der Waals surface area contributed by atoms with Crippen molar-refractivity contribution in [3.8, 4) is 0 Å². The van der Waals surface area contributed by atoms with Crippen LogP contribution < -0.4 is 5.32 Å². The van der Waals surface area contributed by atoms with Crippen LogP contribution in [-0.2, 0) is 29.3 Å². The van der Waals surface area contributed by atoms with E-state index in [-0.39, 0.29) is 115 Å². The molecule has 0 aromatic carbocycles. The molecule has 8 aliphatic carbocycles. The summed E-state index contributed by atoms with van der Waals surface area (Å²) in [4.78, 5) is 54.9. The maximum atomic E-state index is 14.5. The van der Waals surface area contributed by atoms with Gasteiger partial charge in [0.1, 0.15) is 17.3 Å². The highest BCUT2D eigenvalue weighted by Crippen LogP contribution is 2.85. The summed E-state index contributed by atoms with van der Waals surface area (Å²) >= 11 is 0. The number of hydrogen-bond acceptors (Lipinski definition) is 7. The largest absolute Gasteiger partial charge is 0.393 e. The number of carbonyl (C=O) groups excluding carboxylic acids is 4. The van der Waals surface area contributed by atoms with Crippen molar-refractivity contribution in [1.29, 1.82) is 0 Å². The third-order valence-corrected chi connectivity index (χ3v) is 28.6. The van der Waals surface area contributed by atoms with E-state index in [1.807, 2.05) is 0 Å². The fourth-order valence-electron chi connectivity index (χ4n) is 22.4. The minimum absolute atomic E-state index is 0.0000774. The van der Waals surface area contributed by atoms with Gasteiger partial charge in [0.15, 0.2) is 0 Å². The van der Waals surface area contributed by atoms with Crippen LogP contribution in [0.25, 0.3) is 0 Å². The van der Waals surface area contributed by atoms with Crippen molar-refractivity contribution in [1.82, 2.24) is 5.32 Å². The molecule has 0 aromatic rings. The fourth-order valence-corrected chi connectivity index (χ4v) is 22.8. The number of nitrogens with one attached hydrogen (secondary N) is 1. The summed E-state index contributed by atoms with van der Waals surface area (Å²) < 4.78 is 31.6. The third-order valence-electron chi connectivity index (χ3n) is 27.8. The van der Waals surface area contributed by atoms with Crippen molar-refractivity contribution in [3.63, 3.8) is 0 Å². The molecule has 9 nitrogen and oxygen atoms in total. The zero-order valence-electron chi connectivity index (χ0n) is 47.0. The van der Waals surface area contributed by atoms with E-state index >= 15 is 0 Å². The van der Waals surface area contributed by atoms with Gasteiger partial charge in [0.25, 0.3) is 10.1 Å². The summed E-state index contributed by atoms with van der Waals surface area (Å²) in [5, 5.41) is 15.0. The number of fused-ring (bicyclic) bond motifs is 10. The second kappa shape index (κ2) is 18.8. The SMILES string of the molecule is C[C@H](CCC(=O)NCCS(=O)(=O)O)[C@H]1CC[C@@]2(C)C3(C)[C@@H](CC(=O)CC(=O)CC(=O)CC[C@@H](C)[C@H]4CC[C@@]5(C)C6(C)[C@@H](O)CC7CCCC[C@]7(C)[C@@]6(C)CC[C@]45C)CC4CCCC[C@]4(C)[C@@]3(C)CC[C@]12C. The Balaban J connectivity index is 0.911. The van der Waals surface area contributed by atoms with Gasteiger partial charge in [-0.1, -0.05) is 109 Å². The molecule has 18 atom stereocenters. The molecule has 0 saturated heterocycles. The molecule has 8 rings (SSSR count). The number of rotatable bonds is 17. The lowest BCUT2D eigenvalue weighted by Gasteiger charge is -2.77. The van der Waals surface area contributed by atoms with Crippen LogP contribution in [0, 0.1) is 95.6 Å². The van der Waals surface area contributed by atoms with Gasteiger partial charge < -0.3 is 10.4 Å². The van der Waals surface area contributed by atoms with Gasteiger partial charge in [-0.25, -0.2) is 0 Å². The smallest absolute Gasteiger partial charge is 0.266 e. The first-order chi connectivity index (χ1) is 32.9. The summed E-state index contributed by atoms with van der Waals surface area (Å²) in [6.07, 6.45) is 22.7.